The van der Waals surface area contributed by atoms with Crippen LogP contribution in [0.5, 0.6) is 0 Å². The van der Waals surface area contributed by atoms with Gasteiger partial charge in [0.15, 0.2) is 0 Å². The van der Waals surface area contributed by atoms with Crippen molar-refractivity contribution in [1.29, 1.82) is 0 Å². The lowest BCUT2D eigenvalue weighted by Gasteiger charge is -2.14. The number of ether oxygens (including phenoxy) is 1. The van der Waals surface area contributed by atoms with Crippen molar-refractivity contribution in [3.05, 3.63) is 59.1 Å². The first-order valence-electron chi connectivity index (χ1n) is 10.7. The molecule has 2 N–H and O–H groups in total. The molecule has 7 nitrogen and oxygen atoms in total. The Balaban J connectivity index is 1.33. The number of anilines is 1. The van der Waals surface area contributed by atoms with Crippen molar-refractivity contribution in [2.45, 2.75) is 25.9 Å². The minimum absolute atomic E-state index is 0.389. The zero-order chi connectivity index (χ0) is 23.9. The van der Waals surface area contributed by atoms with Crippen LogP contribution in [0.4, 0.5) is 10.6 Å². The molecule has 1 fully saturated rings. The third-order valence-electron chi connectivity index (χ3n) is 5.77. The van der Waals surface area contributed by atoms with E-state index < -0.39 is 17.5 Å². The number of aromatic nitrogens is 2. The van der Waals surface area contributed by atoms with Crippen LogP contribution in [0.2, 0.25) is 0 Å². The molecule has 172 valence electrons. The molecular weight excluding hydrogens is 470 g/mol. The van der Waals surface area contributed by atoms with E-state index in [1.165, 1.54) is 11.3 Å². The summed E-state index contributed by atoms with van der Waals surface area (Å²) in [6.07, 6.45) is 2.01. The Morgan fingerprint density at radius 1 is 1.21 bits per heavy atom. The van der Waals surface area contributed by atoms with Gasteiger partial charge < -0.3 is 9.84 Å². The fraction of sp³-hybridized carbons (Fsp3) is 0.240. The summed E-state index contributed by atoms with van der Waals surface area (Å²) in [6, 6.07) is 13.6. The second-order valence-corrected chi connectivity index (χ2v) is 10.4. The number of hydrogen-bond acceptors (Lipinski definition) is 6. The van der Waals surface area contributed by atoms with E-state index in [9.17, 15) is 14.7 Å². The Kier molecular flexibility index (Phi) is 5.63. The second kappa shape index (κ2) is 8.63. The Morgan fingerprint density at radius 3 is 2.62 bits per heavy atom. The first kappa shape index (κ1) is 22.2. The summed E-state index contributed by atoms with van der Waals surface area (Å²) in [4.78, 5) is 25.7. The summed E-state index contributed by atoms with van der Waals surface area (Å²) < 4.78 is 9.27. The van der Waals surface area contributed by atoms with Gasteiger partial charge in [0.2, 0.25) is 0 Å². The van der Waals surface area contributed by atoms with Crippen LogP contribution in [-0.4, -0.2) is 26.9 Å². The minimum atomic E-state index is -0.856. The number of aliphatic carboxylic acids is 1. The first-order valence-corrected chi connectivity index (χ1v) is 12.3. The molecule has 3 aromatic heterocycles. The number of amides is 1. The second-order valence-electron chi connectivity index (χ2n) is 8.20. The number of thiophene rings is 2. The van der Waals surface area contributed by atoms with E-state index in [0.29, 0.717) is 18.7 Å². The topological polar surface area (TPSA) is 93.4 Å². The number of benzene rings is 1. The molecule has 0 spiro atoms. The molecule has 9 heteroatoms. The lowest BCUT2D eigenvalue weighted by atomic mass is 10.1. The number of fused-ring (bicyclic) bond motifs is 1. The summed E-state index contributed by atoms with van der Waals surface area (Å²) in [7, 11) is 1.76. The van der Waals surface area contributed by atoms with Gasteiger partial charge in [-0.25, -0.2) is 4.79 Å². The number of hydrogen-bond donors (Lipinski definition) is 2. The largest absolute Gasteiger partial charge is 0.480 e. The molecule has 1 unspecified atom stereocenters. The molecule has 4 aromatic rings. The SMILES string of the molecule is CC(OC(=O)Nc1c(-c2cc3sc(C#CC4(C(=O)O)CC4)cc3s2)cnn1C)c1ccccc1. The maximum absolute atomic E-state index is 12.6. The zero-order valence-corrected chi connectivity index (χ0v) is 20.1. The van der Waals surface area contributed by atoms with E-state index in [2.05, 4.69) is 22.3 Å². The molecule has 1 atom stereocenters. The van der Waals surface area contributed by atoms with Crippen molar-refractivity contribution in [2.24, 2.45) is 12.5 Å². The molecule has 1 aromatic carbocycles. The molecule has 5 rings (SSSR count). The summed E-state index contributed by atoms with van der Waals surface area (Å²) in [6.45, 7) is 1.83. The molecule has 34 heavy (non-hydrogen) atoms. The third-order valence-corrected chi connectivity index (χ3v) is 8.01. The van der Waals surface area contributed by atoms with Gasteiger partial charge in [0.05, 0.1) is 16.6 Å². The fourth-order valence-electron chi connectivity index (χ4n) is 3.57. The molecule has 0 bridgehead atoms. The number of rotatable bonds is 5. The molecule has 1 aliphatic carbocycles. The highest BCUT2D eigenvalue weighted by atomic mass is 32.1. The van der Waals surface area contributed by atoms with Gasteiger partial charge in [-0.3, -0.25) is 14.8 Å². The first-order chi connectivity index (χ1) is 16.3. The zero-order valence-electron chi connectivity index (χ0n) is 18.5. The van der Waals surface area contributed by atoms with Crippen molar-refractivity contribution < 1.29 is 19.4 Å². The highest BCUT2D eigenvalue weighted by Gasteiger charge is 2.49. The lowest BCUT2D eigenvalue weighted by Crippen LogP contribution is -2.18. The molecule has 0 radical (unpaired) electrons. The van der Waals surface area contributed by atoms with Crippen LogP contribution in [0, 0.1) is 17.3 Å². The van der Waals surface area contributed by atoms with E-state index in [1.807, 2.05) is 49.4 Å². The minimum Gasteiger partial charge on any atom is -0.480 e. The Hall–Kier alpha value is -3.61. The average molecular weight is 492 g/mol. The summed E-state index contributed by atoms with van der Waals surface area (Å²) in [5, 5.41) is 16.4. The number of carboxylic acids is 1. The van der Waals surface area contributed by atoms with E-state index in [4.69, 9.17) is 4.74 Å². The molecule has 0 saturated heterocycles. The number of nitrogens with zero attached hydrogens (tertiary/aromatic N) is 2. The van der Waals surface area contributed by atoms with Crippen LogP contribution in [-0.2, 0) is 16.6 Å². The number of carboxylic acid groups (broad SMARTS) is 1. The quantitative estimate of drug-likeness (QED) is 0.340. The maximum atomic E-state index is 12.6. The monoisotopic (exact) mass is 491 g/mol. The van der Waals surface area contributed by atoms with Gasteiger partial charge in [-0.15, -0.1) is 22.7 Å². The Bertz CT molecular complexity index is 1420. The van der Waals surface area contributed by atoms with Gasteiger partial charge in [0.25, 0.3) is 0 Å². The molecule has 1 amide bonds. The van der Waals surface area contributed by atoms with Gasteiger partial charge in [0.1, 0.15) is 17.3 Å². The Morgan fingerprint density at radius 2 is 1.94 bits per heavy atom. The van der Waals surface area contributed by atoms with Gasteiger partial charge in [0, 0.05) is 21.3 Å². The number of carbonyl (C=O) groups excluding carboxylic acids is 1. The molecule has 1 aliphatic rings. The maximum Gasteiger partial charge on any atom is 0.413 e. The normalized spacial score (nSPS) is 14.8. The van der Waals surface area contributed by atoms with Crippen molar-refractivity contribution >= 4 is 50.0 Å². The van der Waals surface area contributed by atoms with E-state index >= 15 is 0 Å². The van der Waals surface area contributed by atoms with Gasteiger partial charge in [-0.2, -0.15) is 5.10 Å². The van der Waals surface area contributed by atoms with Gasteiger partial charge in [-0.1, -0.05) is 42.2 Å². The Labute approximate surface area is 204 Å². The average Bonchev–Trinajstić information content (AvgIpc) is 3.20. The predicted octanol–water partition coefficient (Wildman–Crippen LogP) is 5.89. The van der Waals surface area contributed by atoms with Crippen molar-refractivity contribution in [1.82, 2.24) is 9.78 Å². The summed E-state index contributed by atoms with van der Waals surface area (Å²) >= 11 is 3.10. The molecule has 1 saturated carbocycles. The van der Waals surface area contributed by atoms with Crippen LogP contribution < -0.4 is 5.32 Å². The number of nitrogens with one attached hydrogen (secondary N) is 1. The molecule has 3 heterocycles. The van der Waals surface area contributed by atoms with Crippen molar-refractivity contribution in [2.75, 3.05) is 5.32 Å². The smallest absolute Gasteiger partial charge is 0.413 e. The van der Waals surface area contributed by atoms with Crippen LogP contribution in [0.1, 0.15) is 36.3 Å². The highest BCUT2D eigenvalue weighted by Crippen LogP contribution is 2.45. The van der Waals surface area contributed by atoms with Crippen LogP contribution in [0.3, 0.4) is 0 Å². The van der Waals surface area contributed by atoms with Crippen LogP contribution in [0.15, 0.2) is 48.7 Å². The summed E-state index contributed by atoms with van der Waals surface area (Å²) in [5.41, 5.74) is 0.859. The lowest BCUT2D eigenvalue weighted by molar-refractivity contribution is -0.141. The van der Waals surface area contributed by atoms with Crippen molar-refractivity contribution in [3.8, 4) is 22.3 Å². The van der Waals surface area contributed by atoms with E-state index in [1.54, 1.807) is 29.3 Å². The number of aryl methyl sites for hydroxylation is 1. The molecule has 0 aliphatic heterocycles. The fourth-order valence-corrected chi connectivity index (χ4v) is 5.83. The van der Waals surface area contributed by atoms with Crippen LogP contribution in [0.25, 0.3) is 19.8 Å². The van der Waals surface area contributed by atoms with Crippen LogP contribution >= 0.6 is 22.7 Å². The third kappa shape index (κ3) is 4.30. The van der Waals surface area contributed by atoms with E-state index in [0.717, 1.165) is 30.3 Å². The van der Waals surface area contributed by atoms with Crippen molar-refractivity contribution in [3.63, 3.8) is 0 Å². The van der Waals surface area contributed by atoms with Gasteiger partial charge in [-0.05, 0) is 37.5 Å². The molecular formula is C25H21N3O4S2. The van der Waals surface area contributed by atoms with Gasteiger partial charge >= 0.3 is 12.1 Å². The summed E-state index contributed by atoms with van der Waals surface area (Å²) in [5.74, 6) is 5.69. The number of carbonyl (C=O) groups is 2. The highest BCUT2D eigenvalue weighted by molar-refractivity contribution is 7.29. The van der Waals surface area contributed by atoms with E-state index in [-0.39, 0.29) is 6.10 Å². The standard InChI is InChI=1S/C25H21N3O4S2/c1-15(16-6-4-3-5-7-16)32-24(31)27-22-18(14-26-28(22)2)19-13-21-20(34-19)12-17(33-21)8-9-25(10-11-25)23(29)30/h3-7,12-15H,10-11H2,1-2H3,(H,27,31)(H,29,30). The predicted molar refractivity (Wildman–Crippen MR) is 133 cm³/mol.